The number of likely N-dealkylation sites (tertiary alicyclic amines) is 1. The van der Waals surface area contributed by atoms with Crippen molar-refractivity contribution in [3.8, 4) is 5.75 Å². The van der Waals surface area contributed by atoms with E-state index in [0.29, 0.717) is 28.7 Å². The average molecular weight is 399 g/mol. The molecule has 6 nitrogen and oxygen atoms in total. The van der Waals surface area contributed by atoms with Crippen LogP contribution in [0.2, 0.25) is 0 Å². The molecule has 0 N–H and O–H groups in total. The molecular formula is C23H29NO5. The van der Waals surface area contributed by atoms with Crippen LogP contribution in [0.3, 0.4) is 0 Å². The molecule has 2 bridgehead atoms. The number of hydrogen-bond acceptors (Lipinski definition) is 5. The monoisotopic (exact) mass is 399 g/mol. The summed E-state index contributed by atoms with van der Waals surface area (Å²) in [6.45, 7) is 8.79. The molecule has 1 aliphatic heterocycles. The predicted molar refractivity (Wildman–Crippen MR) is 110 cm³/mol. The van der Waals surface area contributed by atoms with Crippen LogP contribution in [0.4, 0.5) is 0 Å². The van der Waals surface area contributed by atoms with Gasteiger partial charge in [-0.05, 0) is 63.8 Å². The average Bonchev–Trinajstić information content (AvgIpc) is 2.92. The molecule has 6 heteroatoms. The topological polar surface area (TPSA) is 69.0 Å². The predicted octanol–water partition coefficient (Wildman–Crippen LogP) is 3.37. The first-order valence-electron chi connectivity index (χ1n) is 10.3. The van der Waals surface area contributed by atoms with Crippen molar-refractivity contribution in [1.29, 1.82) is 0 Å². The minimum atomic E-state index is -0.620. The van der Waals surface area contributed by atoms with E-state index in [2.05, 4.69) is 0 Å². The van der Waals surface area contributed by atoms with Crippen LogP contribution in [0.15, 0.2) is 21.3 Å². The van der Waals surface area contributed by atoms with Crippen LogP contribution in [-0.2, 0) is 9.53 Å². The molecule has 0 spiro atoms. The summed E-state index contributed by atoms with van der Waals surface area (Å²) >= 11 is 0. The fourth-order valence-corrected chi connectivity index (χ4v) is 5.02. The Hall–Kier alpha value is -2.34. The molecule has 2 aliphatic rings. The summed E-state index contributed by atoms with van der Waals surface area (Å²) in [6.07, 6.45) is 1.87. The second-order valence-corrected chi connectivity index (χ2v) is 8.58. The highest BCUT2D eigenvalue weighted by Gasteiger charge is 2.44. The molecule has 4 atom stereocenters. The Morgan fingerprint density at radius 1 is 1.14 bits per heavy atom. The normalized spacial score (nSPS) is 24.7. The van der Waals surface area contributed by atoms with Crippen molar-refractivity contribution in [2.24, 2.45) is 11.8 Å². The van der Waals surface area contributed by atoms with Gasteiger partial charge in [-0.2, -0.15) is 0 Å². The summed E-state index contributed by atoms with van der Waals surface area (Å²) in [5, 5.41) is 0.755. The number of fused-ring (bicyclic) bond motifs is 3. The highest BCUT2D eigenvalue weighted by Crippen LogP contribution is 2.39. The van der Waals surface area contributed by atoms with Gasteiger partial charge in [-0.3, -0.25) is 4.79 Å². The molecule has 1 saturated heterocycles. The van der Waals surface area contributed by atoms with Crippen LogP contribution in [-0.4, -0.2) is 43.2 Å². The summed E-state index contributed by atoms with van der Waals surface area (Å²) in [6, 6.07) is 3.73. The van der Waals surface area contributed by atoms with Crippen LogP contribution in [0.1, 0.15) is 36.5 Å². The lowest BCUT2D eigenvalue weighted by Gasteiger charge is -2.38. The van der Waals surface area contributed by atoms with Crippen LogP contribution in [0.25, 0.3) is 11.0 Å². The third-order valence-electron chi connectivity index (χ3n) is 6.64. The van der Waals surface area contributed by atoms with Crippen molar-refractivity contribution < 1.29 is 18.7 Å². The molecule has 2 unspecified atom stereocenters. The van der Waals surface area contributed by atoms with Gasteiger partial charge >= 0.3 is 5.63 Å². The highest BCUT2D eigenvalue weighted by atomic mass is 16.5. The molecular weight excluding hydrogens is 370 g/mol. The van der Waals surface area contributed by atoms with Crippen molar-refractivity contribution in [2.75, 3.05) is 20.2 Å². The molecule has 156 valence electrons. The van der Waals surface area contributed by atoms with Crippen LogP contribution >= 0.6 is 0 Å². The van der Waals surface area contributed by atoms with Gasteiger partial charge in [-0.1, -0.05) is 0 Å². The zero-order chi connectivity index (χ0) is 20.9. The largest absolute Gasteiger partial charge is 0.480 e. The minimum Gasteiger partial charge on any atom is -0.480 e. The van der Waals surface area contributed by atoms with Gasteiger partial charge in [0.25, 0.3) is 5.91 Å². The number of carbonyl (C=O) groups excluding carboxylic acids is 1. The first-order valence-corrected chi connectivity index (χ1v) is 10.3. The van der Waals surface area contributed by atoms with E-state index in [-0.39, 0.29) is 17.6 Å². The number of rotatable bonds is 4. The number of aryl methyl sites for hydroxylation is 2. The zero-order valence-corrected chi connectivity index (χ0v) is 17.8. The van der Waals surface area contributed by atoms with E-state index >= 15 is 0 Å². The number of nitrogens with zero attached hydrogens (tertiary/aromatic N) is 1. The summed E-state index contributed by atoms with van der Waals surface area (Å²) in [5.74, 6) is 1.40. The number of benzene rings is 1. The van der Waals surface area contributed by atoms with Crippen molar-refractivity contribution >= 4 is 16.9 Å². The van der Waals surface area contributed by atoms with Gasteiger partial charge in [-0.25, -0.2) is 4.79 Å². The fraction of sp³-hybridized carbons (Fsp3) is 0.565. The molecule has 1 aromatic heterocycles. The van der Waals surface area contributed by atoms with E-state index in [1.807, 2.05) is 30.9 Å². The van der Waals surface area contributed by atoms with Crippen LogP contribution < -0.4 is 10.4 Å². The molecule has 1 saturated carbocycles. The lowest BCUT2D eigenvalue weighted by atomic mass is 9.94. The first-order chi connectivity index (χ1) is 13.8. The lowest BCUT2D eigenvalue weighted by Crippen LogP contribution is -2.51. The number of carbonyl (C=O) groups is 1. The second kappa shape index (κ2) is 7.48. The SMILES string of the molecule is COC1[C@@H]2CC[C@H]1CN(C(=O)C(C)Oc1cc(C)cc3oc(=O)c(C)c(C)c13)C2. The van der Waals surface area contributed by atoms with Gasteiger partial charge in [0, 0.05) is 37.6 Å². The van der Waals surface area contributed by atoms with Gasteiger partial charge in [0.15, 0.2) is 6.10 Å². The maximum Gasteiger partial charge on any atom is 0.339 e. The summed E-state index contributed by atoms with van der Waals surface area (Å²) < 4.78 is 17.3. The Morgan fingerprint density at radius 2 is 1.79 bits per heavy atom. The first kappa shape index (κ1) is 20.0. The molecule has 4 rings (SSSR count). The van der Waals surface area contributed by atoms with Gasteiger partial charge < -0.3 is 18.8 Å². The quantitative estimate of drug-likeness (QED) is 0.738. The summed E-state index contributed by atoms with van der Waals surface area (Å²) in [5.41, 5.74) is 2.45. The Balaban J connectivity index is 1.59. The Kier molecular flexibility index (Phi) is 5.15. The molecule has 2 aromatic rings. The number of methoxy groups -OCH3 is 1. The molecule has 2 heterocycles. The Morgan fingerprint density at radius 3 is 2.41 bits per heavy atom. The second-order valence-electron chi connectivity index (χ2n) is 8.58. The van der Waals surface area contributed by atoms with Crippen molar-refractivity contribution in [1.82, 2.24) is 4.90 Å². The highest BCUT2D eigenvalue weighted by molar-refractivity contribution is 5.89. The van der Waals surface area contributed by atoms with Crippen molar-refractivity contribution in [3.05, 3.63) is 39.2 Å². The molecule has 1 amide bonds. The fourth-order valence-electron chi connectivity index (χ4n) is 5.02. The van der Waals surface area contributed by atoms with Gasteiger partial charge in [0.1, 0.15) is 11.3 Å². The van der Waals surface area contributed by atoms with Crippen LogP contribution in [0.5, 0.6) is 5.75 Å². The number of hydrogen-bond donors (Lipinski definition) is 0. The molecule has 1 aliphatic carbocycles. The number of amides is 1. The third kappa shape index (κ3) is 3.44. The maximum absolute atomic E-state index is 13.1. The molecule has 0 radical (unpaired) electrons. The molecule has 29 heavy (non-hydrogen) atoms. The minimum absolute atomic E-state index is 0.00197. The Bertz CT molecular complexity index is 996. The van der Waals surface area contributed by atoms with E-state index in [4.69, 9.17) is 13.9 Å². The smallest absolute Gasteiger partial charge is 0.339 e. The Labute approximate surface area is 170 Å². The maximum atomic E-state index is 13.1. The molecule has 2 fully saturated rings. The van der Waals surface area contributed by atoms with E-state index < -0.39 is 6.10 Å². The lowest BCUT2D eigenvalue weighted by molar-refractivity contribution is -0.143. The summed E-state index contributed by atoms with van der Waals surface area (Å²) in [4.78, 5) is 27.1. The standard InChI is InChI=1S/C23H29NO5/c1-12-8-18(20-13(2)14(3)23(26)29-19(20)9-12)28-15(4)22(25)24-10-16-6-7-17(11-24)21(16)27-5/h8-9,15-17,21H,6-7,10-11H2,1-5H3/t15?,16-,17+,21?. The van der Waals surface area contributed by atoms with E-state index in [1.54, 1.807) is 21.0 Å². The third-order valence-corrected chi connectivity index (χ3v) is 6.64. The van der Waals surface area contributed by atoms with Crippen molar-refractivity contribution in [3.63, 3.8) is 0 Å². The van der Waals surface area contributed by atoms with Gasteiger partial charge in [0.05, 0.1) is 11.5 Å². The zero-order valence-electron chi connectivity index (χ0n) is 17.8. The van der Waals surface area contributed by atoms with Crippen molar-refractivity contribution in [2.45, 2.75) is 52.7 Å². The van der Waals surface area contributed by atoms with Gasteiger partial charge in [0.2, 0.25) is 0 Å². The van der Waals surface area contributed by atoms with Gasteiger partial charge in [-0.15, -0.1) is 0 Å². The number of piperidine rings is 1. The van der Waals surface area contributed by atoms with E-state index in [9.17, 15) is 9.59 Å². The summed E-state index contributed by atoms with van der Waals surface area (Å²) in [7, 11) is 1.77. The van der Waals surface area contributed by atoms with E-state index in [0.717, 1.165) is 42.4 Å². The van der Waals surface area contributed by atoms with E-state index in [1.165, 1.54) is 0 Å². The van der Waals surface area contributed by atoms with Crippen LogP contribution in [0, 0.1) is 32.6 Å². The molecule has 1 aromatic carbocycles. The number of ether oxygens (including phenoxy) is 2.